The van der Waals surface area contributed by atoms with Crippen molar-refractivity contribution in [2.45, 2.75) is 13.8 Å². The van der Waals surface area contributed by atoms with E-state index in [0.717, 1.165) is 17.0 Å². The highest BCUT2D eigenvalue weighted by molar-refractivity contribution is 5.63. The third kappa shape index (κ3) is 1.92. The second kappa shape index (κ2) is 4.31. The van der Waals surface area contributed by atoms with Gasteiger partial charge < -0.3 is 0 Å². The third-order valence-electron chi connectivity index (χ3n) is 3.25. The highest BCUT2D eigenvalue weighted by Crippen LogP contribution is 2.22. The molecule has 1 aromatic heterocycles. The van der Waals surface area contributed by atoms with E-state index in [-0.39, 0.29) is 0 Å². The molecular weight excluding hydrogens is 264 g/mol. The lowest BCUT2D eigenvalue weighted by atomic mass is 10.1. The Morgan fingerprint density at radius 2 is 1.62 bits per heavy atom. The Hall–Kier alpha value is -2.89. The summed E-state index contributed by atoms with van der Waals surface area (Å²) in [7, 11) is 0. The maximum Gasteiger partial charge on any atom is 0.253 e. The van der Waals surface area contributed by atoms with Gasteiger partial charge in [-0.2, -0.15) is 9.50 Å². The Balaban J connectivity index is 2.11. The molecule has 0 aliphatic carbocycles. The fourth-order valence-corrected chi connectivity index (χ4v) is 2.35. The van der Waals surface area contributed by atoms with Crippen LogP contribution in [0.1, 0.15) is 11.5 Å². The molecule has 0 bridgehead atoms. The maximum atomic E-state index is 4.53. The zero-order valence-electron chi connectivity index (χ0n) is 11.6. The van der Waals surface area contributed by atoms with Gasteiger partial charge in [0, 0.05) is 11.3 Å². The average Bonchev–Trinajstić information content (AvgIpc) is 2.84. The molecule has 0 saturated heterocycles. The second-order valence-electron chi connectivity index (χ2n) is 4.89. The summed E-state index contributed by atoms with van der Waals surface area (Å²) >= 11 is 0. The van der Waals surface area contributed by atoms with Crippen LogP contribution in [0, 0.1) is 13.8 Å². The van der Waals surface area contributed by atoms with Crippen LogP contribution < -0.4 is 0 Å². The standard InChI is InChI=1S/C15H12N6/c1-9-8-12(11-6-4-3-5-7-11)21-15(16-9)19-13-14(20-21)18-10(2)17-13/h3-8H,1-2H3. The molecule has 2 aliphatic heterocycles. The van der Waals surface area contributed by atoms with Gasteiger partial charge >= 0.3 is 0 Å². The summed E-state index contributed by atoms with van der Waals surface area (Å²) in [4.78, 5) is 17.4. The number of aryl methyl sites for hydroxylation is 2. The molecule has 4 rings (SSSR count). The quantitative estimate of drug-likeness (QED) is 0.533. The molecule has 0 N–H and O–H groups in total. The van der Waals surface area contributed by atoms with Crippen LogP contribution in [-0.2, 0) is 0 Å². The second-order valence-corrected chi connectivity index (χ2v) is 4.89. The predicted octanol–water partition coefficient (Wildman–Crippen LogP) is 2.30. The number of nitrogens with zero attached hydrogens (tertiary/aromatic N) is 6. The van der Waals surface area contributed by atoms with E-state index in [1.54, 1.807) is 4.52 Å². The van der Waals surface area contributed by atoms with Crippen LogP contribution in [-0.4, -0.2) is 29.5 Å². The highest BCUT2D eigenvalue weighted by Gasteiger charge is 2.16. The predicted molar refractivity (Wildman–Crippen MR) is 77.9 cm³/mol. The molecular formula is C15H12N6. The molecule has 0 unspecified atom stereocenters. The van der Waals surface area contributed by atoms with E-state index in [1.807, 2.05) is 50.2 Å². The number of rotatable bonds is 1. The van der Waals surface area contributed by atoms with Gasteiger partial charge in [-0.1, -0.05) is 30.3 Å². The van der Waals surface area contributed by atoms with E-state index in [9.17, 15) is 0 Å². The molecule has 102 valence electrons. The van der Waals surface area contributed by atoms with Crippen molar-refractivity contribution in [2.75, 3.05) is 0 Å². The summed E-state index contributed by atoms with van der Waals surface area (Å²) in [5.41, 5.74) is 2.88. The molecule has 3 heterocycles. The fraction of sp³-hybridized carbons (Fsp3) is 0.133. The van der Waals surface area contributed by atoms with Crippen LogP contribution in [0.25, 0.3) is 28.7 Å². The van der Waals surface area contributed by atoms with E-state index in [4.69, 9.17) is 0 Å². The van der Waals surface area contributed by atoms with Crippen LogP contribution >= 0.6 is 0 Å². The van der Waals surface area contributed by atoms with Gasteiger partial charge in [0.25, 0.3) is 5.78 Å². The summed E-state index contributed by atoms with van der Waals surface area (Å²) in [6, 6.07) is 12.0. The minimum Gasteiger partial charge on any atom is -0.216 e. The number of hydrogen-bond acceptors (Lipinski definition) is 5. The monoisotopic (exact) mass is 276 g/mol. The average molecular weight is 276 g/mol. The van der Waals surface area contributed by atoms with Crippen molar-refractivity contribution in [1.29, 1.82) is 0 Å². The summed E-state index contributed by atoms with van der Waals surface area (Å²) in [6.07, 6.45) is 0. The lowest BCUT2D eigenvalue weighted by molar-refractivity contribution is 0.858. The van der Waals surface area contributed by atoms with Crippen molar-refractivity contribution >= 4 is 5.78 Å². The first-order chi connectivity index (χ1) is 10.2. The van der Waals surface area contributed by atoms with E-state index in [1.165, 1.54) is 0 Å². The first kappa shape index (κ1) is 11.9. The Morgan fingerprint density at radius 3 is 2.43 bits per heavy atom. The van der Waals surface area contributed by atoms with Gasteiger partial charge in [0.15, 0.2) is 0 Å². The Labute approximate surface area is 120 Å². The van der Waals surface area contributed by atoms with Gasteiger partial charge in [-0.3, -0.25) is 0 Å². The summed E-state index contributed by atoms with van der Waals surface area (Å²) < 4.78 is 1.72. The van der Waals surface area contributed by atoms with Gasteiger partial charge in [-0.15, -0.1) is 5.10 Å². The van der Waals surface area contributed by atoms with Gasteiger partial charge in [0.05, 0.1) is 5.69 Å². The SMILES string of the molecule is Cc1cc(-c2ccccc2)n2nc3nc(C)nc-3nc2n1. The minimum absolute atomic E-state index is 0.529. The summed E-state index contributed by atoms with van der Waals surface area (Å²) in [6.45, 7) is 3.77. The van der Waals surface area contributed by atoms with Crippen molar-refractivity contribution in [1.82, 2.24) is 29.5 Å². The molecule has 0 radical (unpaired) electrons. The number of aromatic nitrogens is 6. The molecule has 2 aromatic rings. The number of benzene rings is 1. The topological polar surface area (TPSA) is 68.9 Å². The Morgan fingerprint density at radius 1 is 0.857 bits per heavy atom. The molecule has 0 fully saturated rings. The first-order valence-electron chi connectivity index (χ1n) is 6.65. The molecule has 21 heavy (non-hydrogen) atoms. The zero-order chi connectivity index (χ0) is 14.4. The van der Waals surface area contributed by atoms with Gasteiger partial charge in [0.2, 0.25) is 11.6 Å². The van der Waals surface area contributed by atoms with E-state index >= 15 is 0 Å². The Kier molecular flexibility index (Phi) is 2.44. The zero-order valence-corrected chi connectivity index (χ0v) is 11.6. The van der Waals surface area contributed by atoms with Crippen molar-refractivity contribution in [2.24, 2.45) is 0 Å². The minimum atomic E-state index is 0.529. The molecule has 1 aromatic carbocycles. The fourth-order valence-electron chi connectivity index (χ4n) is 2.35. The normalized spacial score (nSPS) is 11.3. The van der Waals surface area contributed by atoms with Crippen molar-refractivity contribution in [3.8, 4) is 22.9 Å². The lowest BCUT2D eigenvalue weighted by Gasteiger charge is -2.09. The summed E-state index contributed by atoms with van der Waals surface area (Å²) in [5.74, 6) is 2.26. The summed E-state index contributed by atoms with van der Waals surface area (Å²) in [5, 5.41) is 4.53. The van der Waals surface area contributed by atoms with Gasteiger partial charge in [-0.05, 0) is 19.9 Å². The first-order valence-corrected chi connectivity index (χ1v) is 6.65. The van der Waals surface area contributed by atoms with Crippen LogP contribution in [0.4, 0.5) is 0 Å². The third-order valence-corrected chi connectivity index (χ3v) is 3.25. The van der Waals surface area contributed by atoms with Crippen molar-refractivity contribution in [3.63, 3.8) is 0 Å². The molecule has 2 aliphatic rings. The van der Waals surface area contributed by atoms with Crippen LogP contribution in [0.3, 0.4) is 0 Å². The van der Waals surface area contributed by atoms with Crippen molar-refractivity contribution < 1.29 is 0 Å². The number of hydrogen-bond donors (Lipinski definition) is 0. The van der Waals surface area contributed by atoms with Crippen LogP contribution in [0.15, 0.2) is 36.4 Å². The van der Waals surface area contributed by atoms with Crippen LogP contribution in [0.5, 0.6) is 0 Å². The molecule has 6 nitrogen and oxygen atoms in total. The lowest BCUT2D eigenvalue weighted by Crippen LogP contribution is -2.07. The molecule has 0 amide bonds. The van der Waals surface area contributed by atoms with E-state index in [2.05, 4.69) is 25.0 Å². The van der Waals surface area contributed by atoms with E-state index < -0.39 is 0 Å². The van der Waals surface area contributed by atoms with Gasteiger partial charge in [-0.25, -0.2) is 15.0 Å². The van der Waals surface area contributed by atoms with Gasteiger partial charge in [0.1, 0.15) is 5.82 Å². The molecule has 0 spiro atoms. The van der Waals surface area contributed by atoms with Crippen molar-refractivity contribution in [3.05, 3.63) is 47.9 Å². The maximum absolute atomic E-state index is 4.53. The van der Waals surface area contributed by atoms with Crippen LogP contribution in [0.2, 0.25) is 0 Å². The molecule has 6 heteroatoms. The number of fused-ring (bicyclic) bond motifs is 2. The highest BCUT2D eigenvalue weighted by atomic mass is 15.3. The van der Waals surface area contributed by atoms with E-state index in [0.29, 0.717) is 23.3 Å². The number of imidazole rings is 1. The smallest absolute Gasteiger partial charge is 0.216 e. The molecule has 0 atom stereocenters. The molecule has 0 saturated carbocycles. The largest absolute Gasteiger partial charge is 0.253 e. The Bertz CT molecular complexity index is 912.